The summed E-state index contributed by atoms with van der Waals surface area (Å²) in [5.74, 6) is -0.557. The van der Waals surface area contributed by atoms with E-state index in [4.69, 9.17) is 5.73 Å². The lowest BCUT2D eigenvalue weighted by Crippen LogP contribution is -2.26. The summed E-state index contributed by atoms with van der Waals surface area (Å²) in [6.07, 6.45) is -9.47. The topological polar surface area (TPSA) is 44.5 Å². The predicted molar refractivity (Wildman–Crippen MR) is 50.2 cm³/mol. The molecule has 1 aromatic rings. The lowest BCUT2D eigenvalue weighted by Gasteiger charge is -2.14. The fourth-order valence-electron chi connectivity index (χ4n) is 1.56. The molecule has 0 saturated carbocycles. The standard InChI is InChI=1S/C10H8F5NO2/c11-9(12,13)4-6(16)5-1-2-7-8(3-5)18-10(14,15)17-7/h1-3,6H,4,16H2/t6-/m0/s1. The van der Waals surface area contributed by atoms with Crippen LogP contribution in [-0.2, 0) is 0 Å². The number of hydrogen-bond acceptors (Lipinski definition) is 3. The number of fused-ring (bicyclic) bond motifs is 1. The summed E-state index contributed by atoms with van der Waals surface area (Å²) in [4.78, 5) is 0. The Labute approximate surface area is 98.3 Å². The molecule has 0 unspecified atom stereocenters. The molecule has 8 heteroatoms. The highest BCUT2D eigenvalue weighted by Crippen LogP contribution is 2.42. The molecule has 0 bridgehead atoms. The summed E-state index contributed by atoms with van der Waals surface area (Å²) < 4.78 is 70.0. The molecular formula is C10H8F5NO2. The first-order valence-corrected chi connectivity index (χ1v) is 4.88. The maximum atomic E-state index is 12.7. The van der Waals surface area contributed by atoms with Crippen LogP contribution in [0, 0.1) is 0 Å². The summed E-state index contributed by atoms with van der Waals surface area (Å²) in [7, 11) is 0. The van der Waals surface area contributed by atoms with Gasteiger partial charge in [0.1, 0.15) is 0 Å². The number of rotatable bonds is 2. The number of nitrogens with two attached hydrogens (primary N) is 1. The molecule has 0 aliphatic carbocycles. The summed E-state index contributed by atoms with van der Waals surface area (Å²) >= 11 is 0. The van der Waals surface area contributed by atoms with Crippen LogP contribution in [0.5, 0.6) is 11.5 Å². The van der Waals surface area contributed by atoms with Crippen molar-refractivity contribution >= 4 is 0 Å². The Balaban J connectivity index is 2.18. The van der Waals surface area contributed by atoms with E-state index in [2.05, 4.69) is 9.47 Å². The van der Waals surface area contributed by atoms with E-state index in [-0.39, 0.29) is 17.1 Å². The Hall–Kier alpha value is -1.57. The van der Waals surface area contributed by atoms with Crippen molar-refractivity contribution in [1.82, 2.24) is 0 Å². The molecule has 1 aliphatic heterocycles. The van der Waals surface area contributed by atoms with Gasteiger partial charge in [0, 0.05) is 6.04 Å². The average Bonchev–Trinajstić information content (AvgIpc) is 2.47. The van der Waals surface area contributed by atoms with E-state index < -0.39 is 24.9 Å². The van der Waals surface area contributed by atoms with Crippen molar-refractivity contribution in [2.75, 3.05) is 0 Å². The molecule has 1 aliphatic rings. The van der Waals surface area contributed by atoms with Gasteiger partial charge in [0.15, 0.2) is 11.5 Å². The average molecular weight is 269 g/mol. The first-order valence-electron chi connectivity index (χ1n) is 4.88. The van der Waals surface area contributed by atoms with Crippen molar-refractivity contribution < 1.29 is 31.4 Å². The third-order valence-corrected chi connectivity index (χ3v) is 2.30. The number of ether oxygens (including phenoxy) is 2. The zero-order valence-electron chi connectivity index (χ0n) is 8.80. The minimum Gasteiger partial charge on any atom is -0.395 e. The molecule has 100 valence electrons. The van der Waals surface area contributed by atoms with Crippen LogP contribution in [0.1, 0.15) is 18.0 Å². The van der Waals surface area contributed by atoms with Crippen LogP contribution in [0.3, 0.4) is 0 Å². The van der Waals surface area contributed by atoms with Gasteiger partial charge in [-0.05, 0) is 17.7 Å². The van der Waals surface area contributed by atoms with Gasteiger partial charge in [-0.1, -0.05) is 6.07 Å². The smallest absolute Gasteiger partial charge is 0.395 e. The fraction of sp³-hybridized carbons (Fsp3) is 0.400. The number of alkyl halides is 5. The zero-order chi connectivity index (χ0) is 13.6. The minimum absolute atomic E-state index is 0.0485. The zero-order valence-corrected chi connectivity index (χ0v) is 8.80. The van der Waals surface area contributed by atoms with Gasteiger partial charge < -0.3 is 15.2 Å². The van der Waals surface area contributed by atoms with Crippen LogP contribution in [0.15, 0.2) is 18.2 Å². The quantitative estimate of drug-likeness (QED) is 0.839. The van der Waals surface area contributed by atoms with Gasteiger partial charge in [0.2, 0.25) is 0 Å². The van der Waals surface area contributed by atoms with E-state index in [1.807, 2.05) is 0 Å². The maximum Gasteiger partial charge on any atom is 0.586 e. The Kier molecular flexibility index (Phi) is 2.84. The van der Waals surface area contributed by atoms with Crippen LogP contribution in [0.4, 0.5) is 22.0 Å². The molecule has 0 fully saturated rings. The van der Waals surface area contributed by atoms with E-state index in [1.54, 1.807) is 0 Å². The van der Waals surface area contributed by atoms with Crippen molar-refractivity contribution in [3.63, 3.8) is 0 Å². The fourth-order valence-corrected chi connectivity index (χ4v) is 1.56. The minimum atomic E-state index is -4.43. The first kappa shape index (κ1) is 12.9. The molecular weight excluding hydrogens is 261 g/mol. The second-order valence-corrected chi connectivity index (χ2v) is 3.80. The monoisotopic (exact) mass is 269 g/mol. The molecule has 2 N–H and O–H groups in total. The van der Waals surface area contributed by atoms with E-state index in [9.17, 15) is 22.0 Å². The highest BCUT2D eigenvalue weighted by Gasteiger charge is 2.43. The van der Waals surface area contributed by atoms with Crippen LogP contribution in [0.2, 0.25) is 0 Å². The van der Waals surface area contributed by atoms with Gasteiger partial charge in [-0.15, -0.1) is 8.78 Å². The highest BCUT2D eigenvalue weighted by atomic mass is 19.4. The van der Waals surface area contributed by atoms with Crippen molar-refractivity contribution in [2.24, 2.45) is 5.73 Å². The van der Waals surface area contributed by atoms with Crippen molar-refractivity contribution in [2.45, 2.75) is 24.9 Å². The predicted octanol–water partition coefficient (Wildman–Crippen LogP) is 2.96. The number of halogens is 5. The molecule has 0 spiro atoms. The lowest BCUT2D eigenvalue weighted by molar-refractivity contribution is -0.286. The van der Waals surface area contributed by atoms with Crippen molar-refractivity contribution in [3.8, 4) is 11.5 Å². The molecule has 2 rings (SSSR count). The summed E-state index contributed by atoms with van der Waals surface area (Å²) in [5.41, 5.74) is 5.39. The molecule has 1 aromatic carbocycles. The number of benzene rings is 1. The Bertz CT molecular complexity index is 460. The van der Waals surface area contributed by atoms with Crippen LogP contribution in [-0.4, -0.2) is 12.5 Å². The summed E-state index contributed by atoms with van der Waals surface area (Å²) in [6, 6.07) is 1.97. The van der Waals surface area contributed by atoms with Gasteiger partial charge in [0.25, 0.3) is 0 Å². The normalized spacial score (nSPS) is 18.8. The molecule has 3 nitrogen and oxygen atoms in total. The number of hydrogen-bond donors (Lipinski definition) is 1. The maximum absolute atomic E-state index is 12.7. The Morgan fingerprint density at radius 3 is 2.39 bits per heavy atom. The van der Waals surface area contributed by atoms with E-state index in [1.165, 1.54) is 6.07 Å². The molecule has 0 saturated heterocycles. The Morgan fingerprint density at radius 2 is 1.78 bits per heavy atom. The summed E-state index contributed by atoms with van der Waals surface area (Å²) in [5, 5.41) is 0. The first-order chi connectivity index (χ1) is 8.16. The van der Waals surface area contributed by atoms with Gasteiger partial charge in [-0.3, -0.25) is 0 Å². The van der Waals surface area contributed by atoms with Crippen molar-refractivity contribution in [1.29, 1.82) is 0 Å². The third-order valence-electron chi connectivity index (χ3n) is 2.30. The SMILES string of the molecule is N[C@@H](CC(F)(F)F)c1ccc2c(c1)OC(F)(F)O2. The van der Waals surface area contributed by atoms with E-state index in [0.717, 1.165) is 12.1 Å². The molecule has 18 heavy (non-hydrogen) atoms. The van der Waals surface area contributed by atoms with E-state index >= 15 is 0 Å². The van der Waals surface area contributed by atoms with Gasteiger partial charge >= 0.3 is 12.5 Å². The molecule has 1 atom stereocenters. The van der Waals surface area contributed by atoms with Gasteiger partial charge in [-0.25, -0.2) is 0 Å². The molecule has 0 aromatic heterocycles. The second-order valence-electron chi connectivity index (χ2n) is 3.80. The third kappa shape index (κ3) is 2.81. The Morgan fingerprint density at radius 1 is 1.17 bits per heavy atom. The highest BCUT2D eigenvalue weighted by molar-refractivity contribution is 5.45. The molecule has 0 amide bonds. The summed E-state index contributed by atoms with van der Waals surface area (Å²) in [6.45, 7) is 0. The van der Waals surface area contributed by atoms with Gasteiger partial charge in [0.05, 0.1) is 6.42 Å². The second kappa shape index (κ2) is 3.98. The van der Waals surface area contributed by atoms with E-state index in [0.29, 0.717) is 0 Å². The van der Waals surface area contributed by atoms with Crippen LogP contribution < -0.4 is 15.2 Å². The van der Waals surface area contributed by atoms with Gasteiger partial charge in [-0.2, -0.15) is 13.2 Å². The van der Waals surface area contributed by atoms with Crippen LogP contribution in [0.25, 0.3) is 0 Å². The van der Waals surface area contributed by atoms with Crippen molar-refractivity contribution in [3.05, 3.63) is 23.8 Å². The largest absolute Gasteiger partial charge is 0.586 e. The molecule has 0 radical (unpaired) electrons. The van der Waals surface area contributed by atoms with Crippen LogP contribution >= 0.6 is 0 Å². The molecule has 1 heterocycles. The lowest BCUT2D eigenvalue weighted by atomic mass is 10.0.